The molecular formula is C13H12ClN5O. The van der Waals surface area contributed by atoms with E-state index in [9.17, 15) is 5.11 Å². The number of halogens is 1. The van der Waals surface area contributed by atoms with E-state index in [-0.39, 0.29) is 0 Å². The van der Waals surface area contributed by atoms with Crippen LogP contribution in [0.15, 0.2) is 42.7 Å². The minimum absolute atomic E-state index is 0.321. The van der Waals surface area contributed by atoms with Gasteiger partial charge in [0.05, 0.1) is 6.10 Å². The Bertz CT molecular complexity index is 715. The van der Waals surface area contributed by atoms with Crippen LogP contribution in [0.2, 0.25) is 5.15 Å². The lowest BCUT2D eigenvalue weighted by atomic mass is 10.1. The van der Waals surface area contributed by atoms with Gasteiger partial charge in [0, 0.05) is 12.6 Å². The molecule has 2 N–H and O–H groups in total. The SMILES string of the molecule is OC(CNc1cc(Cl)nc2ncnn12)c1ccccc1. The number of hydrogen-bond acceptors (Lipinski definition) is 5. The lowest BCUT2D eigenvalue weighted by Crippen LogP contribution is -2.14. The van der Waals surface area contributed by atoms with Crippen LogP contribution in [-0.4, -0.2) is 31.2 Å². The number of nitrogens with one attached hydrogen (secondary N) is 1. The van der Waals surface area contributed by atoms with Crippen LogP contribution < -0.4 is 5.32 Å². The number of nitrogens with zero attached hydrogens (tertiary/aromatic N) is 4. The maximum absolute atomic E-state index is 10.1. The molecule has 0 radical (unpaired) electrons. The average molecular weight is 290 g/mol. The second-order valence-electron chi connectivity index (χ2n) is 4.24. The Morgan fingerprint density at radius 3 is 2.90 bits per heavy atom. The van der Waals surface area contributed by atoms with Crippen LogP contribution in [0.3, 0.4) is 0 Å². The summed E-state index contributed by atoms with van der Waals surface area (Å²) in [5.41, 5.74) is 0.843. The molecule has 0 saturated heterocycles. The maximum atomic E-state index is 10.1. The first-order valence-electron chi connectivity index (χ1n) is 6.07. The smallest absolute Gasteiger partial charge is 0.255 e. The topological polar surface area (TPSA) is 75.3 Å². The number of aliphatic hydroxyl groups is 1. The zero-order valence-electron chi connectivity index (χ0n) is 10.4. The number of fused-ring (bicyclic) bond motifs is 1. The lowest BCUT2D eigenvalue weighted by molar-refractivity contribution is 0.191. The number of benzene rings is 1. The lowest BCUT2D eigenvalue weighted by Gasteiger charge is -2.13. The van der Waals surface area contributed by atoms with E-state index in [0.717, 1.165) is 5.56 Å². The van der Waals surface area contributed by atoms with E-state index < -0.39 is 6.10 Å². The summed E-state index contributed by atoms with van der Waals surface area (Å²) in [5.74, 6) is 1.04. The highest BCUT2D eigenvalue weighted by atomic mass is 35.5. The van der Waals surface area contributed by atoms with Gasteiger partial charge in [-0.3, -0.25) is 0 Å². The van der Waals surface area contributed by atoms with E-state index in [2.05, 4.69) is 20.4 Å². The standard InChI is InChI=1S/C13H12ClN5O/c14-11-6-12(19-13(18-11)16-8-17-19)15-7-10(20)9-4-2-1-3-5-9/h1-6,8,10,15,20H,7H2. The van der Waals surface area contributed by atoms with Crippen LogP contribution in [0.25, 0.3) is 5.78 Å². The number of aromatic nitrogens is 4. The van der Waals surface area contributed by atoms with Crippen LogP contribution in [0.1, 0.15) is 11.7 Å². The Balaban J connectivity index is 1.78. The molecule has 102 valence electrons. The molecule has 0 saturated carbocycles. The first kappa shape index (κ1) is 12.8. The molecule has 0 spiro atoms. The first-order valence-corrected chi connectivity index (χ1v) is 6.45. The molecule has 0 amide bonds. The van der Waals surface area contributed by atoms with Crippen molar-refractivity contribution in [3.05, 3.63) is 53.4 Å². The van der Waals surface area contributed by atoms with Crippen molar-refractivity contribution >= 4 is 23.2 Å². The molecule has 6 nitrogen and oxygen atoms in total. The van der Waals surface area contributed by atoms with Gasteiger partial charge in [0.25, 0.3) is 5.78 Å². The molecule has 0 bridgehead atoms. The predicted octanol–water partition coefficient (Wildman–Crippen LogP) is 1.92. The predicted molar refractivity (Wildman–Crippen MR) is 75.7 cm³/mol. The molecule has 0 aliphatic heterocycles. The Kier molecular flexibility index (Phi) is 3.49. The minimum atomic E-state index is -0.623. The summed E-state index contributed by atoms with van der Waals surface area (Å²) in [6, 6.07) is 11.1. The molecule has 3 aromatic rings. The van der Waals surface area contributed by atoms with Crippen LogP contribution in [0.4, 0.5) is 5.82 Å². The van der Waals surface area contributed by atoms with Crippen LogP contribution in [-0.2, 0) is 0 Å². The molecule has 0 aliphatic rings. The monoisotopic (exact) mass is 289 g/mol. The van der Waals surface area contributed by atoms with Crippen molar-refractivity contribution in [2.75, 3.05) is 11.9 Å². The van der Waals surface area contributed by atoms with E-state index in [1.807, 2.05) is 30.3 Å². The number of anilines is 1. The van der Waals surface area contributed by atoms with Crippen LogP contribution >= 0.6 is 11.6 Å². The molecule has 3 rings (SSSR count). The molecule has 2 heterocycles. The number of hydrogen-bond donors (Lipinski definition) is 2. The fourth-order valence-electron chi connectivity index (χ4n) is 1.90. The summed E-state index contributed by atoms with van der Waals surface area (Å²) in [6.07, 6.45) is 0.777. The van der Waals surface area contributed by atoms with Gasteiger partial charge in [0.1, 0.15) is 17.3 Å². The van der Waals surface area contributed by atoms with Crippen molar-refractivity contribution < 1.29 is 5.11 Å². The fraction of sp³-hybridized carbons (Fsp3) is 0.154. The van der Waals surface area contributed by atoms with Gasteiger partial charge in [0.2, 0.25) is 0 Å². The van der Waals surface area contributed by atoms with Crippen molar-refractivity contribution in [1.29, 1.82) is 0 Å². The maximum Gasteiger partial charge on any atom is 0.255 e. The fourth-order valence-corrected chi connectivity index (χ4v) is 2.08. The van der Waals surface area contributed by atoms with Gasteiger partial charge in [-0.2, -0.15) is 19.6 Å². The molecule has 7 heteroatoms. The van der Waals surface area contributed by atoms with Crippen molar-refractivity contribution in [1.82, 2.24) is 19.6 Å². The molecule has 0 aliphatic carbocycles. The van der Waals surface area contributed by atoms with Crippen molar-refractivity contribution in [3.8, 4) is 0 Å². The van der Waals surface area contributed by atoms with E-state index >= 15 is 0 Å². The Morgan fingerprint density at radius 2 is 2.10 bits per heavy atom. The summed E-state index contributed by atoms with van der Waals surface area (Å²) in [6.45, 7) is 0.333. The van der Waals surface area contributed by atoms with Gasteiger partial charge in [0.15, 0.2) is 0 Å². The molecule has 2 aromatic heterocycles. The third kappa shape index (κ3) is 2.56. The number of rotatable bonds is 4. The van der Waals surface area contributed by atoms with Crippen molar-refractivity contribution in [2.45, 2.75) is 6.10 Å². The molecule has 1 aromatic carbocycles. The summed E-state index contributed by atoms with van der Waals surface area (Å²) in [4.78, 5) is 8.01. The summed E-state index contributed by atoms with van der Waals surface area (Å²) < 4.78 is 1.53. The van der Waals surface area contributed by atoms with Crippen molar-refractivity contribution in [2.24, 2.45) is 0 Å². The van der Waals surface area contributed by atoms with Crippen LogP contribution in [0.5, 0.6) is 0 Å². The van der Waals surface area contributed by atoms with Crippen molar-refractivity contribution in [3.63, 3.8) is 0 Å². The number of aliphatic hydroxyl groups excluding tert-OH is 1. The summed E-state index contributed by atoms with van der Waals surface area (Å²) >= 11 is 5.92. The third-order valence-electron chi connectivity index (χ3n) is 2.88. The van der Waals surface area contributed by atoms with E-state index in [4.69, 9.17) is 11.6 Å². The average Bonchev–Trinajstić information content (AvgIpc) is 2.93. The van der Waals surface area contributed by atoms with E-state index in [1.54, 1.807) is 6.07 Å². The second-order valence-corrected chi connectivity index (χ2v) is 4.63. The Hall–Kier alpha value is -2.18. The molecule has 1 unspecified atom stereocenters. The van der Waals surface area contributed by atoms with Gasteiger partial charge >= 0.3 is 0 Å². The highest BCUT2D eigenvalue weighted by molar-refractivity contribution is 6.29. The van der Waals surface area contributed by atoms with Gasteiger partial charge in [-0.15, -0.1) is 0 Å². The molecule has 0 fully saturated rings. The second kappa shape index (κ2) is 5.44. The summed E-state index contributed by atoms with van der Waals surface area (Å²) in [5, 5.41) is 17.6. The van der Waals surface area contributed by atoms with Gasteiger partial charge in [-0.25, -0.2) is 0 Å². The molecule has 1 atom stereocenters. The Labute approximate surface area is 120 Å². The summed E-state index contributed by atoms with van der Waals surface area (Å²) in [7, 11) is 0. The largest absolute Gasteiger partial charge is 0.387 e. The quantitative estimate of drug-likeness (QED) is 0.718. The normalized spacial score (nSPS) is 12.5. The highest BCUT2D eigenvalue weighted by Crippen LogP contribution is 2.17. The van der Waals surface area contributed by atoms with Gasteiger partial charge in [-0.05, 0) is 5.56 Å². The van der Waals surface area contributed by atoms with Gasteiger partial charge in [-0.1, -0.05) is 41.9 Å². The van der Waals surface area contributed by atoms with E-state index in [0.29, 0.717) is 23.3 Å². The van der Waals surface area contributed by atoms with Gasteiger partial charge < -0.3 is 10.4 Å². The zero-order valence-corrected chi connectivity index (χ0v) is 11.2. The Morgan fingerprint density at radius 1 is 1.30 bits per heavy atom. The zero-order chi connectivity index (χ0) is 13.9. The van der Waals surface area contributed by atoms with Crippen LogP contribution in [0, 0.1) is 0 Å². The highest BCUT2D eigenvalue weighted by Gasteiger charge is 2.10. The first-order chi connectivity index (χ1) is 9.74. The molecular weight excluding hydrogens is 278 g/mol. The minimum Gasteiger partial charge on any atom is -0.387 e. The van der Waals surface area contributed by atoms with E-state index in [1.165, 1.54) is 10.8 Å². The third-order valence-corrected chi connectivity index (χ3v) is 3.08. The molecule has 20 heavy (non-hydrogen) atoms.